The molecule has 0 unspecified atom stereocenters. The van der Waals surface area contributed by atoms with E-state index in [-0.39, 0.29) is 0 Å². The third-order valence-corrected chi connectivity index (χ3v) is 1.47. The Labute approximate surface area is 60.6 Å². The van der Waals surface area contributed by atoms with E-state index in [0.29, 0.717) is 6.61 Å². The van der Waals surface area contributed by atoms with E-state index >= 15 is 0 Å². The van der Waals surface area contributed by atoms with Crippen LogP contribution in [-0.4, -0.2) is 12.1 Å². The normalized spacial score (nSPS) is 10.2. The second-order valence-electron chi connectivity index (χ2n) is 2.13. The number of hydrogen-bond donors (Lipinski definition) is 1. The minimum absolute atomic E-state index is 0.654. The number of H-pyrrole nitrogens is 1. The number of nitrogens with zero attached hydrogens (tertiary/aromatic N) is 1. The van der Waals surface area contributed by atoms with E-state index in [2.05, 4.69) is 16.5 Å². The third-order valence-electron chi connectivity index (χ3n) is 1.47. The number of rotatable bonds is 3. The fourth-order valence-corrected chi connectivity index (χ4v) is 0.954. The van der Waals surface area contributed by atoms with Gasteiger partial charge >= 0.3 is 0 Å². The van der Waals surface area contributed by atoms with Gasteiger partial charge in [-0.1, -0.05) is 0 Å². The van der Waals surface area contributed by atoms with Crippen LogP contribution in [0.3, 0.4) is 0 Å². The predicted octanol–water partition coefficient (Wildman–Crippen LogP) is 0.468. The molecule has 0 saturated heterocycles. The molecule has 1 heterocycles. The van der Waals surface area contributed by atoms with Crippen molar-refractivity contribution >= 4 is 0 Å². The van der Waals surface area contributed by atoms with Crippen molar-refractivity contribution in [3.05, 3.63) is 18.2 Å². The molecule has 0 aliphatic heterocycles. The average Bonchev–Trinajstić information content (AvgIpc) is 2.36. The Morgan fingerprint density at radius 2 is 2.50 bits per heavy atom. The van der Waals surface area contributed by atoms with E-state index in [9.17, 15) is 0 Å². The fraction of sp³-hybridized carbons (Fsp3) is 0.571. The molecular formula is C7H13N2O+. The SMILES string of the molecule is CC[n+]1cc[nH]c1COC. The summed E-state index contributed by atoms with van der Waals surface area (Å²) < 4.78 is 7.09. The molecule has 0 aromatic carbocycles. The van der Waals surface area contributed by atoms with E-state index in [4.69, 9.17) is 4.74 Å². The van der Waals surface area contributed by atoms with Crippen molar-refractivity contribution in [1.82, 2.24) is 4.98 Å². The molecule has 0 bridgehead atoms. The quantitative estimate of drug-likeness (QED) is 0.609. The molecule has 0 spiro atoms. The van der Waals surface area contributed by atoms with Gasteiger partial charge in [-0.2, -0.15) is 0 Å². The lowest BCUT2D eigenvalue weighted by Gasteiger charge is -1.93. The molecule has 0 aliphatic carbocycles. The van der Waals surface area contributed by atoms with Crippen LogP contribution in [0, 0.1) is 0 Å². The topological polar surface area (TPSA) is 28.9 Å². The van der Waals surface area contributed by atoms with E-state index < -0.39 is 0 Å². The molecule has 0 radical (unpaired) electrons. The van der Waals surface area contributed by atoms with Gasteiger partial charge in [0.05, 0.1) is 6.54 Å². The summed E-state index contributed by atoms with van der Waals surface area (Å²) in [5, 5.41) is 0. The lowest BCUT2D eigenvalue weighted by Crippen LogP contribution is -2.34. The number of ether oxygens (including phenoxy) is 1. The van der Waals surface area contributed by atoms with Crippen molar-refractivity contribution in [2.45, 2.75) is 20.1 Å². The van der Waals surface area contributed by atoms with Gasteiger partial charge in [0.15, 0.2) is 0 Å². The largest absolute Gasteiger partial charge is 0.372 e. The fourth-order valence-electron chi connectivity index (χ4n) is 0.954. The van der Waals surface area contributed by atoms with Gasteiger partial charge in [-0.25, -0.2) is 9.55 Å². The smallest absolute Gasteiger partial charge is 0.280 e. The zero-order valence-electron chi connectivity index (χ0n) is 6.42. The summed E-state index contributed by atoms with van der Waals surface area (Å²) >= 11 is 0. The lowest BCUT2D eigenvalue weighted by atomic mass is 10.6. The van der Waals surface area contributed by atoms with Gasteiger partial charge < -0.3 is 4.74 Å². The summed E-state index contributed by atoms with van der Waals surface area (Å²) in [6.45, 7) is 3.75. The summed E-state index contributed by atoms with van der Waals surface area (Å²) in [4.78, 5) is 3.10. The van der Waals surface area contributed by atoms with Crippen molar-refractivity contribution in [2.24, 2.45) is 0 Å². The van der Waals surface area contributed by atoms with Crippen molar-refractivity contribution < 1.29 is 9.30 Å². The van der Waals surface area contributed by atoms with Crippen LogP contribution in [0.5, 0.6) is 0 Å². The van der Waals surface area contributed by atoms with Crippen molar-refractivity contribution in [2.75, 3.05) is 7.11 Å². The predicted molar refractivity (Wildman–Crippen MR) is 37.4 cm³/mol. The Balaban J connectivity index is 2.70. The summed E-state index contributed by atoms with van der Waals surface area (Å²) in [5.41, 5.74) is 0. The minimum Gasteiger partial charge on any atom is -0.372 e. The molecule has 0 amide bonds. The first-order valence-corrected chi connectivity index (χ1v) is 3.43. The zero-order chi connectivity index (χ0) is 7.40. The molecule has 0 atom stereocenters. The van der Waals surface area contributed by atoms with Gasteiger partial charge in [-0.05, 0) is 6.92 Å². The van der Waals surface area contributed by atoms with Gasteiger partial charge in [-0.15, -0.1) is 0 Å². The Bertz CT molecular complexity index is 195. The second-order valence-corrected chi connectivity index (χ2v) is 2.13. The maximum atomic E-state index is 4.98. The number of aryl methyl sites for hydroxylation is 1. The summed E-state index contributed by atoms with van der Waals surface area (Å²) in [6, 6.07) is 0. The second kappa shape index (κ2) is 3.37. The molecule has 0 fully saturated rings. The number of aromatic amines is 1. The molecule has 1 N–H and O–H groups in total. The van der Waals surface area contributed by atoms with Crippen LogP contribution in [0.1, 0.15) is 12.7 Å². The molecule has 1 aromatic heterocycles. The Hall–Kier alpha value is -0.830. The van der Waals surface area contributed by atoms with Crippen molar-refractivity contribution in [3.8, 4) is 0 Å². The Morgan fingerprint density at radius 3 is 3.10 bits per heavy atom. The van der Waals surface area contributed by atoms with Gasteiger partial charge in [0.2, 0.25) is 0 Å². The van der Waals surface area contributed by atoms with Crippen LogP contribution in [-0.2, 0) is 17.9 Å². The van der Waals surface area contributed by atoms with Gasteiger partial charge in [0.25, 0.3) is 5.82 Å². The van der Waals surface area contributed by atoms with Crippen molar-refractivity contribution in [3.63, 3.8) is 0 Å². The number of imidazole rings is 1. The molecule has 10 heavy (non-hydrogen) atoms. The summed E-state index contributed by atoms with van der Waals surface area (Å²) in [5.74, 6) is 1.12. The highest BCUT2D eigenvalue weighted by atomic mass is 16.5. The highest BCUT2D eigenvalue weighted by Gasteiger charge is 2.05. The standard InChI is InChI=1S/C7H12N2O/c1-3-9-5-4-8-7(9)6-10-2/h4-5H,3,6H2,1-2H3/p+1. The van der Waals surface area contributed by atoms with Crippen LogP contribution < -0.4 is 4.57 Å². The Kier molecular flexibility index (Phi) is 2.45. The first kappa shape index (κ1) is 7.28. The number of hydrogen-bond acceptors (Lipinski definition) is 1. The Morgan fingerprint density at radius 1 is 1.70 bits per heavy atom. The van der Waals surface area contributed by atoms with Crippen LogP contribution in [0.15, 0.2) is 12.4 Å². The maximum Gasteiger partial charge on any atom is 0.280 e. The van der Waals surface area contributed by atoms with E-state index in [1.807, 2.05) is 12.4 Å². The molecule has 56 valence electrons. The first-order valence-electron chi connectivity index (χ1n) is 3.43. The molecular weight excluding hydrogens is 128 g/mol. The van der Waals surface area contributed by atoms with E-state index in [1.165, 1.54) is 0 Å². The highest BCUT2D eigenvalue weighted by Crippen LogP contribution is 1.87. The first-order chi connectivity index (χ1) is 4.88. The number of nitrogens with one attached hydrogen (secondary N) is 1. The van der Waals surface area contributed by atoms with Crippen molar-refractivity contribution in [1.29, 1.82) is 0 Å². The number of methoxy groups -OCH3 is 1. The summed E-state index contributed by atoms with van der Waals surface area (Å²) in [6.07, 6.45) is 3.92. The van der Waals surface area contributed by atoms with Crippen LogP contribution in [0.2, 0.25) is 0 Å². The van der Waals surface area contributed by atoms with Crippen LogP contribution in [0.4, 0.5) is 0 Å². The molecule has 1 aromatic rings. The monoisotopic (exact) mass is 141 g/mol. The molecule has 1 rings (SSSR count). The molecule has 0 aliphatic rings. The average molecular weight is 141 g/mol. The van der Waals surface area contributed by atoms with Gasteiger partial charge in [-0.3, -0.25) is 0 Å². The highest BCUT2D eigenvalue weighted by molar-refractivity contribution is 4.73. The molecule has 0 saturated carbocycles. The number of aromatic nitrogens is 2. The lowest BCUT2D eigenvalue weighted by molar-refractivity contribution is -0.701. The van der Waals surface area contributed by atoms with Gasteiger partial charge in [0, 0.05) is 7.11 Å². The van der Waals surface area contributed by atoms with Crippen LogP contribution >= 0.6 is 0 Å². The van der Waals surface area contributed by atoms with E-state index in [1.54, 1.807) is 7.11 Å². The zero-order valence-corrected chi connectivity index (χ0v) is 6.42. The minimum atomic E-state index is 0.654. The summed E-state index contributed by atoms with van der Waals surface area (Å²) in [7, 11) is 1.70. The maximum absolute atomic E-state index is 4.98. The molecule has 3 nitrogen and oxygen atoms in total. The van der Waals surface area contributed by atoms with Gasteiger partial charge in [0.1, 0.15) is 19.0 Å². The van der Waals surface area contributed by atoms with E-state index in [0.717, 1.165) is 12.4 Å². The molecule has 3 heteroatoms. The van der Waals surface area contributed by atoms with Crippen LogP contribution in [0.25, 0.3) is 0 Å². The third kappa shape index (κ3) is 1.36.